The Labute approximate surface area is 124 Å². The lowest BCUT2D eigenvalue weighted by Crippen LogP contribution is -2.13. The Kier molecular flexibility index (Phi) is 5.08. The number of hydrogen-bond acceptors (Lipinski definition) is 3. The van der Waals surface area contributed by atoms with E-state index in [1.54, 1.807) is 24.5 Å². The first kappa shape index (κ1) is 14.8. The van der Waals surface area contributed by atoms with Gasteiger partial charge in [0.15, 0.2) is 0 Å². The van der Waals surface area contributed by atoms with Crippen molar-refractivity contribution in [1.29, 1.82) is 0 Å². The van der Waals surface area contributed by atoms with Crippen LogP contribution in [-0.4, -0.2) is 17.4 Å². The van der Waals surface area contributed by atoms with E-state index in [-0.39, 0.29) is 5.91 Å². The number of benzene rings is 1. The SMILES string of the molecule is CCc1cc(C#CCN)ccc1NC(=O)c1cccnc1. The van der Waals surface area contributed by atoms with Crippen LogP contribution in [0.2, 0.25) is 0 Å². The third-order valence-corrected chi connectivity index (χ3v) is 2.99. The van der Waals surface area contributed by atoms with E-state index in [0.717, 1.165) is 23.2 Å². The molecule has 106 valence electrons. The summed E-state index contributed by atoms with van der Waals surface area (Å²) in [6.07, 6.45) is 3.99. The first-order chi connectivity index (χ1) is 10.2. The van der Waals surface area contributed by atoms with Gasteiger partial charge in [-0.1, -0.05) is 18.8 Å². The maximum atomic E-state index is 12.1. The maximum absolute atomic E-state index is 12.1. The fourth-order valence-corrected chi connectivity index (χ4v) is 1.93. The Morgan fingerprint density at radius 3 is 2.90 bits per heavy atom. The van der Waals surface area contributed by atoms with Gasteiger partial charge in [-0.3, -0.25) is 9.78 Å². The number of aryl methyl sites for hydroxylation is 1. The molecule has 2 rings (SSSR count). The van der Waals surface area contributed by atoms with Crippen LogP contribution in [0, 0.1) is 11.8 Å². The molecule has 1 heterocycles. The Hall–Kier alpha value is -2.64. The number of rotatable bonds is 3. The van der Waals surface area contributed by atoms with Crippen molar-refractivity contribution in [3.8, 4) is 11.8 Å². The largest absolute Gasteiger partial charge is 0.322 e. The molecule has 1 aromatic carbocycles. The Balaban J connectivity index is 2.22. The number of hydrogen-bond donors (Lipinski definition) is 2. The number of anilines is 1. The van der Waals surface area contributed by atoms with Gasteiger partial charge in [0, 0.05) is 23.6 Å². The standard InChI is InChI=1S/C17H17N3O/c1-2-14-11-13(5-3-9-18)7-8-16(14)20-17(21)15-6-4-10-19-12-15/h4,6-8,10-12H,2,9,18H2,1H3,(H,20,21). The van der Waals surface area contributed by atoms with Gasteiger partial charge in [0.2, 0.25) is 0 Å². The molecular formula is C17H17N3O. The number of nitrogens with two attached hydrogens (primary N) is 1. The molecule has 0 saturated carbocycles. The Bertz CT molecular complexity index is 684. The summed E-state index contributed by atoms with van der Waals surface area (Å²) in [5.74, 6) is 5.65. The predicted molar refractivity (Wildman–Crippen MR) is 83.9 cm³/mol. The first-order valence-electron chi connectivity index (χ1n) is 6.78. The Morgan fingerprint density at radius 1 is 1.38 bits per heavy atom. The third kappa shape index (κ3) is 3.91. The van der Waals surface area contributed by atoms with Gasteiger partial charge in [-0.15, -0.1) is 0 Å². The highest BCUT2D eigenvalue weighted by Gasteiger charge is 2.08. The Morgan fingerprint density at radius 2 is 2.24 bits per heavy atom. The van der Waals surface area contributed by atoms with Crippen LogP contribution in [0.5, 0.6) is 0 Å². The van der Waals surface area contributed by atoms with E-state index >= 15 is 0 Å². The van der Waals surface area contributed by atoms with Crippen LogP contribution in [0.3, 0.4) is 0 Å². The second-order valence-corrected chi connectivity index (χ2v) is 4.43. The molecule has 0 saturated heterocycles. The fourth-order valence-electron chi connectivity index (χ4n) is 1.93. The zero-order valence-corrected chi connectivity index (χ0v) is 11.9. The number of carbonyl (C=O) groups excluding carboxylic acids is 1. The number of nitrogens with one attached hydrogen (secondary N) is 1. The molecule has 0 radical (unpaired) electrons. The molecule has 0 aliphatic carbocycles. The van der Waals surface area contributed by atoms with Crippen LogP contribution < -0.4 is 11.1 Å². The van der Waals surface area contributed by atoms with Gasteiger partial charge >= 0.3 is 0 Å². The smallest absolute Gasteiger partial charge is 0.257 e. The summed E-state index contributed by atoms with van der Waals surface area (Å²) in [6, 6.07) is 9.19. The van der Waals surface area contributed by atoms with Crippen molar-refractivity contribution < 1.29 is 4.79 Å². The lowest BCUT2D eigenvalue weighted by atomic mass is 10.1. The van der Waals surface area contributed by atoms with Crippen molar-refractivity contribution in [3.05, 3.63) is 59.4 Å². The molecule has 3 N–H and O–H groups in total. The minimum absolute atomic E-state index is 0.168. The van der Waals surface area contributed by atoms with E-state index in [9.17, 15) is 4.79 Å². The summed E-state index contributed by atoms with van der Waals surface area (Å²) < 4.78 is 0. The zero-order chi connectivity index (χ0) is 15.1. The predicted octanol–water partition coefficient (Wildman–Crippen LogP) is 2.21. The first-order valence-corrected chi connectivity index (χ1v) is 6.78. The number of nitrogens with zero attached hydrogens (tertiary/aromatic N) is 1. The maximum Gasteiger partial charge on any atom is 0.257 e. The van der Waals surface area contributed by atoms with Crippen LogP contribution >= 0.6 is 0 Å². The van der Waals surface area contributed by atoms with E-state index in [0.29, 0.717) is 12.1 Å². The molecule has 0 aliphatic heterocycles. The van der Waals surface area contributed by atoms with Crippen molar-refractivity contribution >= 4 is 11.6 Å². The number of carbonyl (C=O) groups is 1. The zero-order valence-electron chi connectivity index (χ0n) is 11.9. The molecule has 0 aliphatic rings. The van der Waals surface area contributed by atoms with Crippen LogP contribution in [0.4, 0.5) is 5.69 Å². The summed E-state index contributed by atoms with van der Waals surface area (Å²) in [6.45, 7) is 2.37. The van der Waals surface area contributed by atoms with E-state index in [1.165, 1.54) is 0 Å². The van der Waals surface area contributed by atoms with Crippen molar-refractivity contribution in [1.82, 2.24) is 4.98 Å². The fraction of sp³-hybridized carbons (Fsp3) is 0.176. The van der Waals surface area contributed by atoms with Gasteiger partial charge in [-0.2, -0.15) is 0 Å². The van der Waals surface area contributed by atoms with Gasteiger partial charge < -0.3 is 11.1 Å². The molecule has 0 unspecified atom stereocenters. The monoisotopic (exact) mass is 279 g/mol. The molecule has 21 heavy (non-hydrogen) atoms. The lowest BCUT2D eigenvalue weighted by Gasteiger charge is -2.10. The van der Waals surface area contributed by atoms with E-state index < -0.39 is 0 Å². The number of amides is 1. The average molecular weight is 279 g/mol. The topological polar surface area (TPSA) is 68.0 Å². The number of aromatic nitrogens is 1. The molecule has 2 aromatic rings. The van der Waals surface area contributed by atoms with E-state index in [2.05, 4.69) is 22.1 Å². The highest BCUT2D eigenvalue weighted by Crippen LogP contribution is 2.19. The van der Waals surface area contributed by atoms with Gasteiger partial charge in [0.25, 0.3) is 5.91 Å². The molecular weight excluding hydrogens is 262 g/mol. The van der Waals surface area contributed by atoms with Gasteiger partial charge in [-0.05, 0) is 42.3 Å². The van der Waals surface area contributed by atoms with Crippen LogP contribution in [0.15, 0.2) is 42.7 Å². The summed E-state index contributed by atoms with van der Waals surface area (Å²) in [7, 11) is 0. The van der Waals surface area contributed by atoms with E-state index in [4.69, 9.17) is 5.73 Å². The quantitative estimate of drug-likeness (QED) is 0.846. The van der Waals surface area contributed by atoms with Crippen molar-refractivity contribution in [2.45, 2.75) is 13.3 Å². The molecule has 4 heteroatoms. The van der Waals surface area contributed by atoms with Crippen LogP contribution in [0.1, 0.15) is 28.4 Å². The molecule has 1 aromatic heterocycles. The molecule has 4 nitrogen and oxygen atoms in total. The summed E-state index contributed by atoms with van der Waals surface area (Å²) in [4.78, 5) is 16.1. The summed E-state index contributed by atoms with van der Waals surface area (Å²) in [5, 5.41) is 2.91. The summed E-state index contributed by atoms with van der Waals surface area (Å²) in [5.41, 5.74) is 8.64. The second kappa shape index (κ2) is 7.22. The molecule has 1 amide bonds. The highest BCUT2D eigenvalue weighted by molar-refractivity contribution is 6.04. The summed E-state index contributed by atoms with van der Waals surface area (Å²) >= 11 is 0. The van der Waals surface area contributed by atoms with E-state index in [1.807, 2.05) is 25.1 Å². The highest BCUT2D eigenvalue weighted by atomic mass is 16.1. The molecule has 0 fully saturated rings. The van der Waals surface area contributed by atoms with Gasteiger partial charge in [0.1, 0.15) is 0 Å². The van der Waals surface area contributed by atoms with Crippen molar-refractivity contribution in [3.63, 3.8) is 0 Å². The second-order valence-electron chi connectivity index (χ2n) is 4.43. The minimum Gasteiger partial charge on any atom is -0.322 e. The molecule has 0 atom stereocenters. The number of pyridine rings is 1. The lowest BCUT2D eigenvalue weighted by molar-refractivity contribution is 0.102. The average Bonchev–Trinajstić information content (AvgIpc) is 2.54. The van der Waals surface area contributed by atoms with Crippen LogP contribution in [0.25, 0.3) is 0 Å². The van der Waals surface area contributed by atoms with Gasteiger partial charge in [-0.25, -0.2) is 0 Å². The molecule has 0 bridgehead atoms. The van der Waals surface area contributed by atoms with Crippen molar-refractivity contribution in [2.75, 3.05) is 11.9 Å². The van der Waals surface area contributed by atoms with Crippen LogP contribution in [-0.2, 0) is 6.42 Å². The minimum atomic E-state index is -0.168. The molecule has 0 spiro atoms. The normalized spacial score (nSPS) is 9.62. The van der Waals surface area contributed by atoms with Gasteiger partial charge in [0.05, 0.1) is 12.1 Å². The van der Waals surface area contributed by atoms with Crippen molar-refractivity contribution in [2.24, 2.45) is 5.73 Å². The third-order valence-electron chi connectivity index (χ3n) is 2.99.